The lowest BCUT2D eigenvalue weighted by molar-refractivity contribution is -0.135. The first-order valence-electron chi connectivity index (χ1n) is 9.30. The van der Waals surface area contributed by atoms with E-state index in [0.29, 0.717) is 13.1 Å². The number of hydrogen-bond acceptors (Lipinski definition) is 3. The van der Waals surface area contributed by atoms with Crippen LogP contribution >= 0.6 is 0 Å². The summed E-state index contributed by atoms with van der Waals surface area (Å²) in [6, 6.07) is 17.3. The third kappa shape index (κ3) is 4.67. The molecule has 5 nitrogen and oxygen atoms in total. The van der Waals surface area contributed by atoms with Crippen molar-refractivity contribution >= 4 is 17.5 Å². The Morgan fingerprint density at radius 1 is 1.15 bits per heavy atom. The zero-order valence-corrected chi connectivity index (χ0v) is 16.1. The van der Waals surface area contributed by atoms with E-state index in [4.69, 9.17) is 4.74 Å². The Morgan fingerprint density at radius 3 is 2.44 bits per heavy atom. The maximum Gasteiger partial charge on any atom is 0.228 e. The molecular formula is C22H26N2O3. The topological polar surface area (TPSA) is 49.9 Å². The van der Waals surface area contributed by atoms with Gasteiger partial charge < -0.3 is 14.5 Å². The molecule has 1 saturated heterocycles. The van der Waals surface area contributed by atoms with Crippen molar-refractivity contribution in [3.63, 3.8) is 0 Å². The standard InChI is InChI=1S/C22H26N2O3/c1-16(2)27-20-11-9-19(10-12-20)24-15-18(13-21(24)25)22(26)23(3)14-17-7-5-4-6-8-17/h4-12,16,18H,13-15H2,1-3H3. The number of benzene rings is 2. The van der Waals surface area contributed by atoms with E-state index in [1.165, 1.54) is 0 Å². The van der Waals surface area contributed by atoms with E-state index < -0.39 is 0 Å². The van der Waals surface area contributed by atoms with Gasteiger partial charge in [0.25, 0.3) is 0 Å². The number of anilines is 1. The van der Waals surface area contributed by atoms with Gasteiger partial charge in [-0.25, -0.2) is 0 Å². The van der Waals surface area contributed by atoms with Crippen molar-refractivity contribution in [1.29, 1.82) is 0 Å². The highest BCUT2D eigenvalue weighted by atomic mass is 16.5. The van der Waals surface area contributed by atoms with Gasteiger partial charge in [-0.15, -0.1) is 0 Å². The summed E-state index contributed by atoms with van der Waals surface area (Å²) in [6.45, 7) is 4.91. The van der Waals surface area contributed by atoms with E-state index in [0.717, 1.165) is 17.0 Å². The van der Waals surface area contributed by atoms with E-state index in [1.807, 2.05) is 68.4 Å². The molecule has 1 aliphatic heterocycles. The molecule has 0 radical (unpaired) electrons. The Morgan fingerprint density at radius 2 is 1.81 bits per heavy atom. The van der Waals surface area contributed by atoms with E-state index in [-0.39, 0.29) is 30.3 Å². The van der Waals surface area contributed by atoms with Crippen LogP contribution in [0, 0.1) is 5.92 Å². The molecule has 0 bridgehead atoms. The summed E-state index contributed by atoms with van der Waals surface area (Å²) in [5, 5.41) is 0. The van der Waals surface area contributed by atoms with Crippen molar-refractivity contribution in [2.45, 2.75) is 32.9 Å². The first-order valence-corrected chi connectivity index (χ1v) is 9.30. The maximum atomic E-state index is 12.8. The van der Waals surface area contributed by atoms with Crippen LogP contribution in [0.3, 0.4) is 0 Å². The fourth-order valence-electron chi connectivity index (χ4n) is 3.35. The number of ether oxygens (including phenoxy) is 1. The second kappa shape index (κ2) is 8.25. The van der Waals surface area contributed by atoms with Crippen LogP contribution in [0.1, 0.15) is 25.8 Å². The number of carbonyl (C=O) groups excluding carboxylic acids is 2. The lowest BCUT2D eigenvalue weighted by Gasteiger charge is -2.22. The molecule has 0 aliphatic carbocycles. The Bertz CT molecular complexity index is 787. The molecule has 0 N–H and O–H groups in total. The quantitative estimate of drug-likeness (QED) is 0.786. The second-order valence-corrected chi connectivity index (χ2v) is 7.25. The molecule has 142 valence electrons. The predicted octanol–water partition coefficient (Wildman–Crippen LogP) is 3.49. The monoisotopic (exact) mass is 366 g/mol. The zero-order chi connectivity index (χ0) is 19.4. The van der Waals surface area contributed by atoms with Gasteiger partial charge in [-0.2, -0.15) is 0 Å². The van der Waals surface area contributed by atoms with Gasteiger partial charge in [0.05, 0.1) is 12.0 Å². The van der Waals surface area contributed by atoms with Gasteiger partial charge in [-0.1, -0.05) is 30.3 Å². The number of amides is 2. The van der Waals surface area contributed by atoms with Crippen molar-refractivity contribution in [3.8, 4) is 5.75 Å². The number of hydrogen-bond donors (Lipinski definition) is 0. The smallest absolute Gasteiger partial charge is 0.228 e. The van der Waals surface area contributed by atoms with Gasteiger partial charge in [0, 0.05) is 32.2 Å². The summed E-state index contributed by atoms with van der Waals surface area (Å²) in [6.07, 6.45) is 0.355. The average molecular weight is 366 g/mol. The van der Waals surface area contributed by atoms with Crippen LogP contribution in [0.5, 0.6) is 5.75 Å². The molecule has 1 atom stereocenters. The van der Waals surface area contributed by atoms with E-state index in [2.05, 4.69) is 0 Å². The Hall–Kier alpha value is -2.82. The van der Waals surface area contributed by atoms with Gasteiger partial charge in [0.2, 0.25) is 11.8 Å². The highest BCUT2D eigenvalue weighted by molar-refractivity contribution is 6.00. The summed E-state index contributed by atoms with van der Waals surface area (Å²) in [5.74, 6) is 0.460. The van der Waals surface area contributed by atoms with Crippen LogP contribution in [0.2, 0.25) is 0 Å². The van der Waals surface area contributed by atoms with Crippen molar-refractivity contribution in [3.05, 3.63) is 60.2 Å². The molecule has 0 spiro atoms. The molecule has 1 unspecified atom stereocenters. The molecule has 2 aromatic rings. The second-order valence-electron chi connectivity index (χ2n) is 7.25. The minimum Gasteiger partial charge on any atom is -0.491 e. The fourth-order valence-corrected chi connectivity index (χ4v) is 3.35. The summed E-state index contributed by atoms with van der Waals surface area (Å²) >= 11 is 0. The van der Waals surface area contributed by atoms with Crippen LogP contribution in [0.4, 0.5) is 5.69 Å². The Balaban J connectivity index is 1.63. The van der Waals surface area contributed by atoms with Crippen LogP contribution in [-0.4, -0.2) is 36.4 Å². The van der Waals surface area contributed by atoms with Gasteiger partial charge >= 0.3 is 0 Å². The van der Waals surface area contributed by atoms with Gasteiger partial charge in [0.1, 0.15) is 5.75 Å². The Kier molecular flexibility index (Phi) is 5.79. The van der Waals surface area contributed by atoms with Crippen molar-refractivity contribution in [2.24, 2.45) is 5.92 Å². The van der Waals surface area contributed by atoms with E-state index >= 15 is 0 Å². The van der Waals surface area contributed by atoms with Gasteiger partial charge in [-0.05, 0) is 43.7 Å². The normalized spacial score (nSPS) is 16.7. The first kappa shape index (κ1) is 19.0. The molecule has 2 aromatic carbocycles. The molecule has 0 aromatic heterocycles. The predicted molar refractivity (Wildman–Crippen MR) is 106 cm³/mol. The molecular weight excluding hydrogens is 340 g/mol. The fraction of sp³-hybridized carbons (Fsp3) is 0.364. The lowest BCUT2D eigenvalue weighted by atomic mass is 10.1. The minimum atomic E-state index is -0.308. The molecule has 5 heteroatoms. The van der Waals surface area contributed by atoms with Crippen LogP contribution in [0.25, 0.3) is 0 Å². The highest BCUT2D eigenvalue weighted by Crippen LogP contribution is 2.28. The summed E-state index contributed by atoms with van der Waals surface area (Å²) in [5.41, 5.74) is 1.88. The van der Waals surface area contributed by atoms with Crippen LogP contribution < -0.4 is 9.64 Å². The number of rotatable bonds is 6. The molecule has 2 amide bonds. The van der Waals surface area contributed by atoms with Crippen molar-refractivity contribution < 1.29 is 14.3 Å². The van der Waals surface area contributed by atoms with Crippen LogP contribution in [0.15, 0.2) is 54.6 Å². The molecule has 1 heterocycles. The molecule has 3 rings (SSSR count). The van der Waals surface area contributed by atoms with E-state index in [1.54, 1.807) is 16.8 Å². The lowest BCUT2D eigenvalue weighted by Crippen LogP contribution is -2.34. The number of carbonyl (C=O) groups is 2. The number of nitrogens with zero attached hydrogens (tertiary/aromatic N) is 2. The van der Waals surface area contributed by atoms with Gasteiger partial charge in [-0.3, -0.25) is 9.59 Å². The van der Waals surface area contributed by atoms with Crippen LogP contribution in [-0.2, 0) is 16.1 Å². The molecule has 1 aliphatic rings. The van der Waals surface area contributed by atoms with Crippen molar-refractivity contribution in [1.82, 2.24) is 4.90 Å². The summed E-state index contributed by atoms with van der Waals surface area (Å²) in [7, 11) is 1.79. The highest BCUT2D eigenvalue weighted by Gasteiger charge is 2.36. The van der Waals surface area contributed by atoms with Gasteiger partial charge in [0.15, 0.2) is 0 Å². The average Bonchev–Trinajstić information content (AvgIpc) is 3.04. The third-order valence-electron chi connectivity index (χ3n) is 4.63. The minimum absolute atomic E-state index is 0.00876. The first-order chi connectivity index (χ1) is 12.9. The largest absolute Gasteiger partial charge is 0.491 e. The third-order valence-corrected chi connectivity index (χ3v) is 4.63. The zero-order valence-electron chi connectivity index (χ0n) is 16.1. The summed E-state index contributed by atoms with van der Waals surface area (Å²) in [4.78, 5) is 28.6. The maximum absolute atomic E-state index is 12.8. The van der Waals surface area contributed by atoms with E-state index in [9.17, 15) is 9.59 Å². The molecule has 27 heavy (non-hydrogen) atoms. The molecule has 0 saturated carbocycles. The Labute approximate surface area is 160 Å². The SMILES string of the molecule is CC(C)Oc1ccc(N2CC(C(=O)N(C)Cc3ccccc3)CC2=O)cc1. The molecule has 1 fully saturated rings. The summed E-state index contributed by atoms with van der Waals surface area (Å²) < 4.78 is 5.64. The van der Waals surface area contributed by atoms with Crippen molar-refractivity contribution in [2.75, 3.05) is 18.5 Å².